The van der Waals surface area contributed by atoms with Crippen molar-refractivity contribution in [3.63, 3.8) is 0 Å². The Labute approximate surface area is 172 Å². The lowest BCUT2D eigenvalue weighted by molar-refractivity contribution is -0.137. The number of carbonyl (C=O) groups excluding carboxylic acids is 4. The fourth-order valence-electron chi connectivity index (χ4n) is 3.49. The van der Waals surface area contributed by atoms with Crippen molar-refractivity contribution < 1.29 is 23.9 Å². The summed E-state index contributed by atoms with van der Waals surface area (Å²) in [4.78, 5) is 53.2. The fourth-order valence-corrected chi connectivity index (χ4v) is 3.49. The predicted molar refractivity (Wildman–Crippen MR) is 107 cm³/mol. The second-order valence-electron chi connectivity index (χ2n) is 8.12. The number of hydrogen-bond donors (Lipinski definition) is 0. The van der Waals surface area contributed by atoms with Crippen molar-refractivity contribution in [2.24, 2.45) is 5.92 Å². The van der Waals surface area contributed by atoms with Crippen molar-refractivity contribution in [2.45, 2.75) is 58.9 Å². The number of imide groups is 2. The van der Waals surface area contributed by atoms with E-state index in [1.54, 1.807) is 4.90 Å². The zero-order chi connectivity index (χ0) is 21.9. The third-order valence-electron chi connectivity index (χ3n) is 5.40. The largest absolute Gasteiger partial charge is 0.476 e. The van der Waals surface area contributed by atoms with Crippen LogP contribution in [0.15, 0.2) is 23.6 Å². The number of allylic oxidation sites excluding steroid dienone is 2. The number of likely N-dealkylation sites (N-methyl/N-ethyl adjacent to an activating group) is 2. The summed E-state index contributed by atoms with van der Waals surface area (Å²) in [5, 5.41) is 0. The minimum atomic E-state index is -0.681. The van der Waals surface area contributed by atoms with Crippen molar-refractivity contribution in [2.75, 3.05) is 20.7 Å². The molecule has 5 amide bonds. The highest BCUT2D eigenvalue weighted by Crippen LogP contribution is 2.33. The van der Waals surface area contributed by atoms with E-state index in [1.807, 2.05) is 20.8 Å². The van der Waals surface area contributed by atoms with Crippen molar-refractivity contribution >= 4 is 23.8 Å². The normalized spacial score (nSPS) is 21.7. The first-order valence-electron chi connectivity index (χ1n) is 10.1. The first-order chi connectivity index (χ1) is 13.6. The Morgan fingerprint density at radius 1 is 1.10 bits per heavy atom. The van der Waals surface area contributed by atoms with Gasteiger partial charge in [0.15, 0.2) is 5.88 Å². The molecule has 0 aromatic carbocycles. The Hall–Kier alpha value is -2.64. The van der Waals surface area contributed by atoms with Crippen LogP contribution in [0.1, 0.15) is 53.4 Å². The molecule has 2 fully saturated rings. The van der Waals surface area contributed by atoms with Gasteiger partial charge in [-0.1, -0.05) is 26.7 Å². The van der Waals surface area contributed by atoms with Crippen molar-refractivity contribution in [1.82, 2.24) is 14.7 Å². The molecule has 0 radical (unpaired) electrons. The Morgan fingerprint density at radius 2 is 1.69 bits per heavy atom. The Kier molecular flexibility index (Phi) is 6.87. The summed E-state index contributed by atoms with van der Waals surface area (Å²) in [5.74, 6) is -1.18. The maximum Gasteiger partial charge on any atom is 0.333 e. The van der Waals surface area contributed by atoms with E-state index in [9.17, 15) is 19.2 Å². The molecule has 0 saturated carbocycles. The lowest BCUT2D eigenvalue weighted by Crippen LogP contribution is -2.53. The molecule has 2 aliphatic heterocycles. The van der Waals surface area contributed by atoms with E-state index in [0.29, 0.717) is 12.5 Å². The van der Waals surface area contributed by atoms with E-state index in [4.69, 9.17) is 4.74 Å². The highest BCUT2D eigenvalue weighted by molar-refractivity contribution is 6.28. The van der Waals surface area contributed by atoms with Crippen LogP contribution in [0.25, 0.3) is 0 Å². The van der Waals surface area contributed by atoms with Crippen molar-refractivity contribution in [3.05, 3.63) is 23.6 Å². The van der Waals surface area contributed by atoms with Gasteiger partial charge in [0.05, 0.1) is 5.54 Å². The van der Waals surface area contributed by atoms with Crippen LogP contribution in [0.3, 0.4) is 0 Å². The summed E-state index contributed by atoms with van der Waals surface area (Å²) in [5.41, 5.74) is -0.689. The van der Waals surface area contributed by atoms with Crippen LogP contribution in [0, 0.1) is 5.92 Å². The molecule has 0 bridgehead atoms. The van der Waals surface area contributed by atoms with Gasteiger partial charge in [-0.15, -0.1) is 0 Å². The fraction of sp³-hybridized carbons (Fsp3) is 0.619. The van der Waals surface area contributed by atoms with Gasteiger partial charge in [-0.3, -0.25) is 29.1 Å². The van der Waals surface area contributed by atoms with Gasteiger partial charge in [-0.2, -0.15) is 0 Å². The molecule has 1 unspecified atom stereocenters. The molecule has 0 aliphatic carbocycles. The first-order valence-corrected chi connectivity index (χ1v) is 10.1. The number of amides is 5. The van der Waals surface area contributed by atoms with Crippen molar-refractivity contribution in [3.8, 4) is 0 Å². The number of barbiturate groups is 1. The molecule has 2 heterocycles. The number of rotatable bonds is 6. The highest BCUT2D eigenvalue weighted by Gasteiger charge is 2.43. The number of unbranched alkanes of at least 4 members (excludes halogenated alkanes) is 1. The lowest BCUT2D eigenvalue weighted by atomic mass is 9.95. The van der Waals surface area contributed by atoms with E-state index < -0.39 is 23.4 Å². The molecule has 0 N–H and O–H groups in total. The van der Waals surface area contributed by atoms with Crippen LogP contribution in [0.2, 0.25) is 0 Å². The number of urea groups is 1. The van der Waals surface area contributed by atoms with E-state index >= 15 is 0 Å². The lowest BCUT2D eigenvalue weighted by Gasteiger charge is -2.31. The second kappa shape index (κ2) is 8.80. The first kappa shape index (κ1) is 22.6. The minimum absolute atomic E-state index is 0.0150. The van der Waals surface area contributed by atoms with Crippen LogP contribution >= 0.6 is 0 Å². The molecule has 1 atom stereocenters. The van der Waals surface area contributed by atoms with Gasteiger partial charge in [0.2, 0.25) is 5.91 Å². The highest BCUT2D eigenvalue weighted by atomic mass is 16.5. The molecular formula is C21H31N3O5. The number of nitrogens with zero attached hydrogens (tertiary/aromatic N) is 3. The minimum Gasteiger partial charge on any atom is -0.476 e. The molecule has 0 spiro atoms. The number of hydrogen-bond acceptors (Lipinski definition) is 5. The molecule has 0 aromatic heterocycles. The summed E-state index contributed by atoms with van der Waals surface area (Å²) in [6.45, 7) is 8.24. The smallest absolute Gasteiger partial charge is 0.333 e. The molecule has 2 aliphatic rings. The van der Waals surface area contributed by atoms with Gasteiger partial charge in [0.1, 0.15) is 12.2 Å². The van der Waals surface area contributed by atoms with Crippen molar-refractivity contribution in [1.29, 1.82) is 0 Å². The van der Waals surface area contributed by atoms with E-state index in [1.165, 1.54) is 26.2 Å². The van der Waals surface area contributed by atoms with Gasteiger partial charge in [0, 0.05) is 20.0 Å². The molecular weight excluding hydrogens is 374 g/mol. The third-order valence-corrected chi connectivity index (χ3v) is 5.40. The zero-order valence-corrected chi connectivity index (χ0v) is 18.2. The molecule has 160 valence electrons. The molecule has 29 heavy (non-hydrogen) atoms. The molecule has 8 heteroatoms. The van der Waals surface area contributed by atoms with Gasteiger partial charge in [-0.25, -0.2) is 4.79 Å². The quantitative estimate of drug-likeness (QED) is 0.501. The summed E-state index contributed by atoms with van der Waals surface area (Å²) < 4.78 is 5.74. The van der Waals surface area contributed by atoms with E-state index in [2.05, 4.69) is 6.92 Å². The molecule has 8 nitrogen and oxygen atoms in total. The van der Waals surface area contributed by atoms with E-state index in [-0.39, 0.29) is 17.4 Å². The van der Waals surface area contributed by atoms with E-state index in [0.717, 1.165) is 35.5 Å². The Bertz CT molecular complexity index is 742. The topological polar surface area (TPSA) is 87.2 Å². The van der Waals surface area contributed by atoms with Gasteiger partial charge < -0.3 is 4.74 Å². The van der Waals surface area contributed by atoms with Crippen LogP contribution in [-0.2, 0) is 19.1 Å². The average Bonchev–Trinajstić information content (AvgIpc) is 2.99. The number of carbonyl (C=O) groups is 4. The summed E-state index contributed by atoms with van der Waals surface area (Å²) in [6.07, 6.45) is 6.33. The molecule has 2 saturated heterocycles. The second-order valence-corrected chi connectivity index (χ2v) is 8.12. The average molecular weight is 405 g/mol. The Balaban J connectivity index is 2.36. The summed E-state index contributed by atoms with van der Waals surface area (Å²) in [7, 11) is 2.64. The standard InChI is InChI=1S/C21H31N3O5/c1-7-9-10-14(8-2)17(25)24-16(29-13-21(24,3)4)12-11-15-18(26)22(5)20(28)23(6)19(15)27/h11-12,14H,7-10,13H2,1-6H3/b16-12-. The maximum atomic E-state index is 13.2. The van der Waals surface area contributed by atoms with Crippen LogP contribution in [-0.4, -0.2) is 64.7 Å². The SMILES string of the molecule is CCCCC(CC)C(=O)N1/C(=C/C=C2C(=O)N(C)C(=O)N(C)C2=O)OCC1(C)C. The van der Waals surface area contributed by atoms with Crippen LogP contribution in [0.5, 0.6) is 0 Å². The zero-order valence-electron chi connectivity index (χ0n) is 18.2. The van der Waals surface area contributed by atoms with Crippen LogP contribution in [0.4, 0.5) is 4.79 Å². The molecule has 0 aromatic rings. The van der Waals surface area contributed by atoms with Gasteiger partial charge >= 0.3 is 6.03 Å². The maximum absolute atomic E-state index is 13.2. The predicted octanol–water partition coefficient (Wildman–Crippen LogP) is 2.66. The third kappa shape index (κ3) is 4.36. The van der Waals surface area contributed by atoms with Gasteiger partial charge in [0.25, 0.3) is 11.8 Å². The Morgan fingerprint density at radius 3 is 2.21 bits per heavy atom. The van der Waals surface area contributed by atoms with Gasteiger partial charge in [-0.05, 0) is 38.8 Å². The summed E-state index contributed by atoms with van der Waals surface area (Å²) in [6, 6.07) is -0.679. The summed E-state index contributed by atoms with van der Waals surface area (Å²) >= 11 is 0. The monoisotopic (exact) mass is 405 g/mol. The number of ether oxygens (including phenoxy) is 1. The molecule has 2 rings (SSSR count). The van der Waals surface area contributed by atoms with Crippen LogP contribution < -0.4 is 0 Å².